The van der Waals surface area contributed by atoms with Crippen LogP contribution < -0.4 is 0 Å². The van der Waals surface area contributed by atoms with Gasteiger partial charge in [0, 0.05) is 19.0 Å². The van der Waals surface area contributed by atoms with Gasteiger partial charge in [-0.2, -0.15) is 9.40 Å². The topological polar surface area (TPSA) is 55.2 Å². The SMILES string of the molecule is Cc1nn(CCCl)c(C)c1S(=O)(=O)N1CCC(C(C)C)C1. The number of hydrogen-bond acceptors (Lipinski definition) is 3. The average molecular weight is 334 g/mol. The van der Waals surface area contributed by atoms with Gasteiger partial charge in [0.2, 0.25) is 10.0 Å². The molecule has 0 amide bonds. The number of halogens is 1. The fourth-order valence-corrected chi connectivity index (χ4v) is 5.04. The summed E-state index contributed by atoms with van der Waals surface area (Å²) in [6.45, 7) is 9.59. The lowest BCUT2D eigenvalue weighted by Gasteiger charge is -2.18. The third-order valence-corrected chi connectivity index (χ3v) is 6.63. The van der Waals surface area contributed by atoms with Crippen molar-refractivity contribution in [2.24, 2.45) is 11.8 Å². The van der Waals surface area contributed by atoms with Gasteiger partial charge in [0.05, 0.1) is 17.9 Å². The summed E-state index contributed by atoms with van der Waals surface area (Å²) < 4.78 is 29.1. The molecule has 5 nitrogen and oxygen atoms in total. The molecule has 120 valence electrons. The van der Waals surface area contributed by atoms with Crippen LogP contribution in [0.4, 0.5) is 0 Å². The Bertz CT molecular complexity index is 610. The lowest BCUT2D eigenvalue weighted by atomic mass is 9.96. The zero-order valence-electron chi connectivity index (χ0n) is 13.1. The van der Waals surface area contributed by atoms with Gasteiger partial charge in [-0.15, -0.1) is 11.6 Å². The molecule has 2 heterocycles. The molecule has 1 aliphatic rings. The maximum Gasteiger partial charge on any atom is 0.246 e. The molecule has 21 heavy (non-hydrogen) atoms. The Labute approximate surface area is 132 Å². The quantitative estimate of drug-likeness (QED) is 0.777. The summed E-state index contributed by atoms with van der Waals surface area (Å²) in [6, 6.07) is 0. The molecule has 1 unspecified atom stereocenters. The Morgan fingerprint density at radius 2 is 2.05 bits per heavy atom. The van der Waals surface area contributed by atoms with Gasteiger partial charge in [0.15, 0.2) is 0 Å². The summed E-state index contributed by atoms with van der Waals surface area (Å²) in [5, 5.41) is 4.32. The summed E-state index contributed by atoms with van der Waals surface area (Å²) in [5.74, 6) is 1.37. The van der Waals surface area contributed by atoms with Crippen molar-refractivity contribution in [1.29, 1.82) is 0 Å². The molecule has 0 N–H and O–H groups in total. The molecule has 0 aliphatic carbocycles. The predicted molar refractivity (Wildman–Crippen MR) is 84.1 cm³/mol. The Balaban J connectivity index is 2.33. The van der Waals surface area contributed by atoms with Crippen LogP contribution in [0.2, 0.25) is 0 Å². The summed E-state index contributed by atoms with van der Waals surface area (Å²) >= 11 is 5.74. The Morgan fingerprint density at radius 3 is 2.57 bits per heavy atom. The van der Waals surface area contributed by atoms with Crippen molar-refractivity contribution in [3.63, 3.8) is 0 Å². The molecular formula is C14H24ClN3O2S. The molecule has 0 radical (unpaired) electrons. The number of alkyl halides is 1. The van der Waals surface area contributed by atoms with Crippen molar-refractivity contribution in [3.05, 3.63) is 11.4 Å². The van der Waals surface area contributed by atoms with Crippen LogP contribution in [-0.2, 0) is 16.6 Å². The van der Waals surface area contributed by atoms with E-state index in [0.29, 0.717) is 53.6 Å². The third kappa shape index (κ3) is 3.12. The molecular weight excluding hydrogens is 310 g/mol. The Morgan fingerprint density at radius 1 is 1.38 bits per heavy atom. The fourth-order valence-electron chi connectivity index (χ4n) is 3.00. The summed E-state index contributed by atoms with van der Waals surface area (Å²) in [7, 11) is -3.46. The zero-order chi connectivity index (χ0) is 15.8. The van der Waals surface area contributed by atoms with Crippen LogP contribution >= 0.6 is 11.6 Å². The van der Waals surface area contributed by atoms with E-state index in [1.165, 1.54) is 0 Å². The van der Waals surface area contributed by atoms with Gasteiger partial charge in [-0.25, -0.2) is 8.42 Å². The van der Waals surface area contributed by atoms with Gasteiger partial charge in [0.25, 0.3) is 0 Å². The average Bonchev–Trinajstić information content (AvgIpc) is 2.96. The van der Waals surface area contributed by atoms with E-state index in [2.05, 4.69) is 18.9 Å². The molecule has 0 aromatic carbocycles. The number of aryl methyl sites for hydroxylation is 2. The predicted octanol–water partition coefficient (Wildman–Crippen LogP) is 2.41. The van der Waals surface area contributed by atoms with E-state index in [-0.39, 0.29) is 0 Å². The maximum atomic E-state index is 12.9. The lowest BCUT2D eigenvalue weighted by Crippen LogP contribution is -2.30. The maximum absolute atomic E-state index is 12.9. The molecule has 1 aromatic rings. The number of rotatable bonds is 5. The van der Waals surface area contributed by atoms with Crippen molar-refractivity contribution in [2.45, 2.75) is 45.6 Å². The normalized spacial score (nSPS) is 20.6. The minimum Gasteiger partial charge on any atom is -0.267 e. The second kappa shape index (κ2) is 6.26. The van der Waals surface area contributed by atoms with Crippen LogP contribution in [0.5, 0.6) is 0 Å². The monoisotopic (exact) mass is 333 g/mol. The summed E-state index contributed by atoms with van der Waals surface area (Å²) in [5.41, 5.74) is 1.24. The third-order valence-electron chi connectivity index (χ3n) is 4.34. The number of hydrogen-bond donors (Lipinski definition) is 0. The number of aromatic nitrogens is 2. The molecule has 0 bridgehead atoms. The van der Waals surface area contributed by atoms with E-state index >= 15 is 0 Å². The zero-order valence-corrected chi connectivity index (χ0v) is 14.7. The highest BCUT2D eigenvalue weighted by atomic mass is 35.5. The van der Waals surface area contributed by atoms with E-state index < -0.39 is 10.0 Å². The molecule has 2 rings (SSSR count). The molecule has 1 saturated heterocycles. The minimum atomic E-state index is -3.46. The molecule has 1 atom stereocenters. The van der Waals surface area contributed by atoms with E-state index in [4.69, 9.17) is 11.6 Å². The smallest absolute Gasteiger partial charge is 0.246 e. The van der Waals surface area contributed by atoms with Crippen LogP contribution in [-0.4, -0.2) is 41.5 Å². The highest BCUT2D eigenvalue weighted by Gasteiger charge is 2.36. The second-order valence-corrected chi connectivity index (χ2v) is 8.32. The fraction of sp³-hybridized carbons (Fsp3) is 0.786. The second-order valence-electron chi connectivity index (χ2n) is 6.07. The van der Waals surface area contributed by atoms with E-state index in [1.54, 1.807) is 22.8 Å². The van der Waals surface area contributed by atoms with Gasteiger partial charge in [-0.3, -0.25) is 4.68 Å². The molecule has 1 aliphatic heterocycles. The van der Waals surface area contributed by atoms with Crippen LogP contribution in [0, 0.1) is 25.7 Å². The van der Waals surface area contributed by atoms with Crippen LogP contribution in [0.1, 0.15) is 31.7 Å². The summed E-state index contributed by atoms with van der Waals surface area (Å²) in [4.78, 5) is 0.358. The van der Waals surface area contributed by atoms with Crippen molar-refractivity contribution >= 4 is 21.6 Å². The van der Waals surface area contributed by atoms with Gasteiger partial charge in [0.1, 0.15) is 4.90 Å². The Hall–Kier alpha value is -0.590. The van der Waals surface area contributed by atoms with E-state index in [0.717, 1.165) is 6.42 Å². The Kier molecular flexibility index (Phi) is 5.00. The first-order chi connectivity index (χ1) is 9.78. The van der Waals surface area contributed by atoms with Gasteiger partial charge < -0.3 is 0 Å². The van der Waals surface area contributed by atoms with Crippen LogP contribution in [0.3, 0.4) is 0 Å². The van der Waals surface area contributed by atoms with Gasteiger partial charge in [-0.1, -0.05) is 13.8 Å². The van der Waals surface area contributed by atoms with Crippen LogP contribution in [0.25, 0.3) is 0 Å². The highest BCUT2D eigenvalue weighted by Crippen LogP contribution is 2.31. The number of sulfonamides is 1. The first-order valence-electron chi connectivity index (χ1n) is 7.39. The molecule has 1 aromatic heterocycles. The first kappa shape index (κ1) is 16.8. The van der Waals surface area contributed by atoms with Gasteiger partial charge >= 0.3 is 0 Å². The first-order valence-corrected chi connectivity index (χ1v) is 9.36. The van der Waals surface area contributed by atoms with Crippen molar-refractivity contribution in [3.8, 4) is 0 Å². The van der Waals surface area contributed by atoms with E-state index in [9.17, 15) is 8.42 Å². The number of nitrogens with zero attached hydrogens (tertiary/aromatic N) is 3. The summed E-state index contributed by atoms with van der Waals surface area (Å²) in [6.07, 6.45) is 0.935. The lowest BCUT2D eigenvalue weighted by molar-refractivity contribution is 0.388. The molecule has 7 heteroatoms. The minimum absolute atomic E-state index is 0.358. The van der Waals surface area contributed by atoms with Crippen molar-refractivity contribution in [2.75, 3.05) is 19.0 Å². The standard InChI is InChI=1S/C14H24ClN3O2S/c1-10(2)13-5-7-17(9-13)21(19,20)14-11(3)16-18(8-6-15)12(14)4/h10,13H,5-9H2,1-4H3. The molecule has 0 saturated carbocycles. The largest absolute Gasteiger partial charge is 0.267 e. The van der Waals surface area contributed by atoms with Gasteiger partial charge in [-0.05, 0) is 32.1 Å². The highest BCUT2D eigenvalue weighted by molar-refractivity contribution is 7.89. The van der Waals surface area contributed by atoms with Crippen molar-refractivity contribution < 1.29 is 8.42 Å². The van der Waals surface area contributed by atoms with Crippen molar-refractivity contribution in [1.82, 2.24) is 14.1 Å². The van der Waals surface area contributed by atoms with Crippen LogP contribution in [0.15, 0.2) is 4.90 Å². The van der Waals surface area contributed by atoms with E-state index in [1.807, 2.05) is 0 Å². The molecule has 1 fully saturated rings. The molecule has 0 spiro atoms.